The lowest BCUT2D eigenvalue weighted by Crippen LogP contribution is -2.46. The van der Waals surface area contributed by atoms with Crippen LogP contribution in [0.25, 0.3) is 0 Å². The summed E-state index contributed by atoms with van der Waals surface area (Å²) in [5.41, 5.74) is 0. The van der Waals surface area contributed by atoms with E-state index in [1.807, 2.05) is 0 Å². The summed E-state index contributed by atoms with van der Waals surface area (Å²) in [6.45, 7) is 7.28. The Kier molecular flexibility index (Phi) is 4.29. The second kappa shape index (κ2) is 5.53. The van der Waals surface area contributed by atoms with Gasteiger partial charge in [0.1, 0.15) is 0 Å². The molecule has 5 unspecified atom stereocenters. The van der Waals surface area contributed by atoms with Crippen LogP contribution in [0.3, 0.4) is 0 Å². The summed E-state index contributed by atoms with van der Waals surface area (Å²) in [5, 5.41) is 3.97. The largest absolute Gasteiger partial charge is 0.311 e. The van der Waals surface area contributed by atoms with Gasteiger partial charge >= 0.3 is 0 Å². The molecule has 2 saturated carbocycles. The van der Waals surface area contributed by atoms with Crippen LogP contribution < -0.4 is 5.32 Å². The molecule has 2 rings (SSSR count). The number of rotatable bonds is 2. The van der Waals surface area contributed by atoms with Crippen LogP contribution in [0.15, 0.2) is 0 Å². The molecule has 0 aromatic heterocycles. The second-order valence-corrected chi connectivity index (χ2v) is 6.64. The number of hydrogen-bond acceptors (Lipinski definition) is 1. The summed E-state index contributed by atoms with van der Waals surface area (Å²) in [6.07, 6.45) is 10.0. The van der Waals surface area contributed by atoms with Gasteiger partial charge in [0.05, 0.1) is 0 Å². The third-order valence-corrected chi connectivity index (χ3v) is 4.84. The van der Waals surface area contributed by atoms with E-state index in [1.54, 1.807) is 0 Å². The van der Waals surface area contributed by atoms with Gasteiger partial charge in [0.25, 0.3) is 0 Å². The molecular weight excluding hydrogens is 194 g/mol. The quantitative estimate of drug-likeness (QED) is 0.746. The molecule has 0 aromatic carbocycles. The van der Waals surface area contributed by atoms with Crippen molar-refractivity contribution in [3.8, 4) is 0 Å². The molecule has 0 bridgehead atoms. The molecule has 16 heavy (non-hydrogen) atoms. The molecule has 1 N–H and O–H groups in total. The minimum absolute atomic E-state index is 0.805. The lowest BCUT2D eigenvalue weighted by Gasteiger charge is -2.38. The Morgan fingerprint density at radius 3 is 2.31 bits per heavy atom. The van der Waals surface area contributed by atoms with Crippen molar-refractivity contribution < 1.29 is 0 Å². The smallest absolute Gasteiger partial charge is 0.00978 e. The van der Waals surface area contributed by atoms with E-state index in [1.165, 1.54) is 44.9 Å². The molecule has 0 heterocycles. The average molecular weight is 223 g/mol. The maximum absolute atomic E-state index is 3.97. The third-order valence-electron chi connectivity index (χ3n) is 4.84. The molecule has 5 atom stereocenters. The van der Waals surface area contributed by atoms with Crippen molar-refractivity contribution in [2.75, 3.05) is 0 Å². The van der Waals surface area contributed by atoms with Crippen molar-refractivity contribution >= 4 is 0 Å². The summed E-state index contributed by atoms with van der Waals surface area (Å²) in [4.78, 5) is 0. The Labute approximate surface area is 101 Å². The zero-order chi connectivity index (χ0) is 11.5. The molecule has 2 aliphatic carbocycles. The van der Waals surface area contributed by atoms with Crippen LogP contribution in [-0.2, 0) is 0 Å². The highest BCUT2D eigenvalue weighted by Crippen LogP contribution is 2.31. The molecule has 1 nitrogen and oxygen atoms in total. The van der Waals surface area contributed by atoms with E-state index in [0.717, 1.165) is 29.8 Å². The van der Waals surface area contributed by atoms with E-state index in [4.69, 9.17) is 0 Å². The summed E-state index contributed by atoms with van der Waals surface area (Å²) in [6, 6.07) is 1.63. The first-order valence-electron chi connectivity index (χ1n) is 7.41. The summed E-state index contributed by atoms with van der Waals surface area (Å²) >= 11 is 0. The minimum Gasteiger partial charge on any atom is -0.311 e. The minimum atomic E-state index is 0.805. The van der Waals surface area contributed by atoms with E-state index >= 15 is 0 Å². The van der Waals surface area contributed by atoms with E-state index in [2.05, 4.69) is 26.1 Å². The maximum atomic E-state index is 3.97. The van der Waals surface area contributed by atoms with Gasteiger partial charge < -0.3 is 5.32 Å². The van der Waals surface area contributed by atoms with E-state index in [0.29, 0.717) is 0 Å². The molecule has 1 heteroatoms. The Morgan fingerprint density at radius 2 is 1.56 bits per heavy atom. The Hall–Kier alpha value is -0.0400. The van der Waals surface area contributed by atoms with Gasteiger partial charge in [-0.25, -0.2) is 0 Å². The topological polar surface area (TPSA) is 12.0 Å². The molecular formula is C15H29N. The number of nitrogens with one attached hydrogen (secondary N) is 1. The molecule has 2 aliphatic rings. The molecule has 94 valence electrons. The Bertz CT molecular complexity index is 213. The van der Waals surface area contributed by atoms with Crippen LogP contribution in [0.5, 0.6) is 0 Å². The zero-order valence-electron chi connectivity index (χ0n) is 11.3. The maximum Gasteiger partial charge on any atom is 0.00978 e. The first-order valence-corrected chi connectivity index (χ1v) is 7.41. The van der Waals surface area contributed by atoms with Crippen molar-refractivity contribution in [2.24, 2.45) is 17.8 Å². The molecule has 0 amide bonds. The summed E-state index contributed by atoms with van der Waals surface area (Å²) in [7, 11) is 0. The highest BCUT2D eigenvalue weighted by atomic mass is 15.0. The van der Waals surface area contributed by atoms with Gasteiger partial charge in [-0.1, -0.05) is 40.0 Å². The van der Waals surface area contributed by atoms with Gasteiger partial charge in [-0.3, -0.25) is 0 Å². The lowest BCUT2D eigenvalue weighted by molar-refractivity contribution is 0.187. The van der Waals surface area contributed by atoms with Gasteiger partial charge in [-0.05, 0) is 43.4 Å². The van der Waals surface area contributed by atoms with Gasteiger partial charge in [0, 0.05) is 12.1 Å². The second-order valence-electron chi connectivity index (χ2n) is 6.64. The van der Waals surface area contributed by atoms with Gasteiger partial charge in [0.2, 0.25) is 0 Å². The highest BCUT2D eigenvalue weighted by Gasteiger charge is 2.28. The van der Waals surface area contributed by atoms with Crippen molar-refractivity contribution in [3.63, 3.8) is 0 Å². The van der Waals surface area contributed by atoms with E-state index in [-0.39, 0.29) is 0 Å². The van der Waals surface area contributed by atoms with Crippen LogP contribution in [0, 0.1) is 17.8 Å². The first kappa shape index (κ1) is 12.4. The fourth-order valence-electron chi connectivity index (χ4n) is 3.65. The molecule has 2 fully saturated rings. The fourth-order valence-corrected chi connectivity index (χ4v) is 3.65. The SMILES string of the molecule is CC1CCCC(NC2CC(C)CCC2C)C1. The van der Waals surface area contributed by atoms with Gasteiger partial charge in [-0.2, -0.15) is 0 Å². The van der Waals surface area contributed by atoms with E-state index in [9.17, 15) is 0 Å². The Morgan fingerprint density at radius 1 is 0.812 bits per heavy atom. The third kappa shape index (κ3) is 3.23. The van der Waals surface area contributed by atoms with Crippen LogP contribution in [0.2, 0.25) is 0 Å². The van der Waals surface area contributed by atoms with Crippen molar-refractivity contribution in [1.29, 1.82) is 0 Å². The predicted molar refractivity (Wildman–Crippen MR) is 70.5 cm³/mol. The molecule has 0 aliphatic heterocycles. The predicted octanol–water partition coefficient (Wildman–Crippen LogP) is 3.98. The van der Waals surface area contributed by atoms with Crippen molar-refractivity contribution in [3.05, 3.63) is 0 Å². The Balaban J connectivity index is 1.82. The van der Waals surface area contributed by atoms with Crippen LogP contribution >= 0.6 is 0 Å². The number of hydrogen-bond donors (Lipinski definition) is 1. The monoisotopic (exact) mass is 223 g/mol. The molecule has 0 radical (unpaired) electrons. The van der Waals surface area contributed by atoms with Crippen molar-refractivity contribution in [1.82, 2.24) is 5.32 Å². The van der Waals surface area contributed by atoms with Gasteiger partial charge in [-0.15, -0.1) is 0 Å². The normalized spacial score (nSPS) is 45.6. The molecule has 0 saturated heterocycles. The standard InChI is InChI=1S/C15H29N/c1-11-5-4-6-14(9-11)16-15-10-12(2)7-8-13(15)3/h11-16H,4-10H2,1-3H3. The zero-order valence-corrected chi connectivity index (χ0v) is 11.3. The van der Waals surface area contributed by atoms with Gasteiger partial charge in [0.15, 0.2) is 0 Å². The lowest BCUT2D eigenvalue weighted by atomic mass is 9.78. The fraction of sp³-hybridized carbons (Fsp3) is 1.00. The highest BCUT2D eigenvalue weighted by molar-refractivity contribution is 4.86. The first-order chi connectivity index (χ1) is 7.65. The summed E-state index contributed by atoms with van der Waals surface area (Å²) < 4.78 is 0. The average Bonchev–Trinajstić information content (AvgIpc) is 2.24. The summed E-state index contributed by atoms with van der Waals surface area (Å²) in [5.74, 6) is 2.78. The molecule has 0 spiro atoms. The molecule has 0 aromatic rings. The van der Waals surface area contributed by atoms with Crippen LogP contribution in [0.4, 0.5) is 0 Å². The van der Waals surface area contributed by atoms with Crippen LogP contribution in [0.1, 0.15) is 65.7 Å². The van der Waals surface area contributed by atoms with Crippen molar-refractivity contribution in [2.45, 2.75) is 77.8 Å². The van der Waals surface area contributed by atoms with E-state index < -0.39 is 0 Å². The van der Waals surface area contributed by atoms with Crippen LogP contribution in [-0.4, -0.2) is 12.1 Å².